The second-order valence-electron chi connectivity index (χ2n) is 2.26. The zero-order chi connectivity index (χ0) is 6.04. The molecular weight excluding hydrogens is 108 g/mol. The minimum Gasteiger partial charge on any atom is -0.393 e. The van der Waals surface area contributed by atoms with Crippen LogP contribution in [0.2, 0.25) is 0 Å². The molecule has 0 spiro atoms. The van der Waals surface area contributed by atoms with Gasteiger partial charge in [-0.3, -0.25) is 0 Å². The Morgan fingerprint density at radius 3 is 2.75 bits per heavy atom. The monoisotopic (exact) mass is 118 g/mol. The molecule has 0 radical (unpaired) electrons. The zero-order valence-corrected chi connectivity index (χ0v) is 4.89. The number of aliphatic hydroxyl groups excluding tert-OH is 1. The molecule has 1 saturated heterocycles. The maximum atomic E-state index is 8.62. The van der Waals surface area contributed by atoms with E-state index in [4.69, 9.17) is 9.99 Å². The highest BCUT2D eigenvalue weighted by atomic mass is 17.2. The molecule has 1 fully saturated rings. The van der Waals surface area contributed by atoms with Crippen LogP contribution >= 0.6 is 0 Å². The van der Waals surface area contributed by atoms with Crippen LogP contribution in [-0.4, -0.2) is 23.9 Å². The summed E-state index contributed by atoms with van der Waals surface area (Å²) >= 11 is 0. The predicted octanol–water partition coefficient (Wildman–Crippen LogP) is 0.0893. The van der Waals surface area contributed by atoms with Crippen molar-refractivity contribution in [3.63, 3.8) is 0 Å². The lowest BCUT2D eigenvalue weighted by Gasteiger charge is -2.14. The normalized spacial score (nSPS) is 38.2. The molecule has 0 aromatic carbocycles. The van der Waals surface area contributed by atoms with E-state index in [1.165, 1.54) is 0 Å². The number of hydrogen-bond acceptors (Lipinski definition) is 3. The fourth-order valence-electron chi connectivity index (χ4n) is 0.589. The van der Waals surface area contributed by atoms with Crippen molar-refractivity contribution < 1.29 is 14.9 Å². The van der Waals surface area contributed by atoms with E-state index in [1.807, 2.05) is 6.92 Å². The first-order valence-electron chi connectivity index (χ1n) is 2.68. The third-order valence-electron chi connectivity index (χ3n) is 1.31. The minimum atomic E-state index is -0.431. The third kappa shape index (κ3) is 0.992. The smallest absolute Gasteiger partial charge is 0.126 e. The summed E-state index contributed by atoms with van der Waals surface area (Å²) in [5.74, 6) is 0. The largest absolute Gasteiger partial charge is 0.393 e. The Morgan fingerprint density at radius 1 is 1.75 bits per heavy atom. The maximum Gasteiger partial charge on any atom is 0.126 e. The molecular formula is C5H10O3. The van der Waals surface area contributed by atoms with Gasteiger partial charge in [0.1, 0.15) is 5.60 Å². The first kappa shape index (κ1) is 6.01. The van der Waals surface area contributed by atoms with Gasteiger partial charge in [-0.25, -0.2) is 9.78 Å². The molecule has 8 heavy (non-hydrogen) atoms. The average Bonchev–Trinajstić information content (AvgIpc) is 2.17. The predicted molar refractivity (Wildman–Crippen MR) is 27.1 cm³/mol. The van der Waals surface area contributed by atoms with Crippen LogP contribution in [0.5, 0.6) is 0 Å². The van der Waals surface area contributed by atoms with Crippen LogP contribution in [0.1, 0.15) is 13.3 Å². The lowest BCUT2D eigenvalue weighted by molar-refractivity contribution is -0.310. The Kier molecular flexibility index (Phi) is 1.51. The van der Waals surface area contributed by atoms with E-state index < -0.39 is 5.60 Å². The summed E-state index contributed by atoms with van der Waals surface area (Å²) in [5, 5.41) is 8.62. The van der Waals surface area contributed by atoms with Gasteiger partial charge in [-0.15, -0.1) is 0 Å². The molecule has 1 aliphatic heterocycles. The summed E-state index contributed by atoms with van der Waals surface area (Å²) in [6.07, 6.45) is 0.781. The zero-order valence-electron chi connectivity index (χ0n) is 4.89. The van der Waals surface area contributed by atoms with E-state index in [0.29, 0.717) is 6.61 Å². The molecule has 0 bridgehead atoms. The van der Waals surface area contributed by atoms with Gasteiger partial charge < -0.3 is 5.11 Å². The molecule has 0 aromatic heterocycles. The summed E-state index contributed by atoms with van der Waals surface area (Å²) in [7, 11) is 0. The second-order valence-corrected chi connectivity index (χ2v) is 2.26. The summed E-state index contributed by atoms with van der Waals surface area (Å²) in [6, 6.07) is 0. The summed E-state index contributed by atoms with van der Waals surface area (Å²) in [4.78, 5) is 9.33. The Hall–Kier alpha value is -0.120. The first-order valence-corrected chi connectivity index (χ1v) is 2.68. The van der Waals surface area contributed by atoms with E-state index in [1.54, 1.807) is 0 Å². The molecule has 0 saturated carbocycles. The van der Waals surface area contributed by atoms with Gasteiger partial charge in [-0.1, -0.05) is 0 Å². The quantitative estimate of drug-likeness (QED) is 0.496. The number of rotatable bonds is 1. The van der Waals surface area contributed by atoms with Crippen LogP contribution in [-0.2, 0) is 9.78 Å². The molecule has 3 nitrogen and oxygen atoms in total. The van der Waals surface area contributed by atoms with E-state index >= 15 is 0 Å². The van der Waals surface area contributed by atoms with Gasteiger partial charge in [0, 0.05) is 6.42 Å². The Balaban J connectivity index is 2.40. The minimum absolute atomic E-state index is 0.0347. The Labute approximate surface area is 48.1 Å². The maximum absolute atomic E-state index is 8.62. The summed E-state index contributed by atoms with van der Waals surface area (Å²) in [6.45, 7) is 2.45. The van der Waals surface area contributed by atoms with Crippen LogP contribution in [0.25, 0.3) is 0 Å². The second kappa shape index (κ2) is 2.01. The third-order valence-corrected chi connectivity index (χ3v) is 1.31. The Bertz CT molecular complexity index is 75.7. The van der Waals surface area contributed by atoms with Gasteiger partial charge in [-0.2, -0.15) is 0 Å². The van der Waals surface area contributed by atoms with Crippen molar-refractivity contribution in [2.24, 2.45) is 0 Å². The molecule has 3 heteroatoms. The molecule has 48 valence electrons. The van der Waals surface area contributed by atoms with Crippen molar-refractivity contribution in [3.05, 3.63) is 0 Å². The number of aliphatic hydroxyl groups is 1. The van der Waals surface area contributed by atoms with Crippen LogP contribution in [0, 0.1) is 0 Å². The van der Waals surface area contributed by atoms with E-state index in [9.17, 15) is 0 Å². The van der Waals surface area contributed by atoms with E-state index in [2.05, 4.69) is 4.89 Å². The van der Waals surface area contributed by atoms with Crippen LogP contribution in [0.4, 0.5) is 0 Å². The van der Waals surface area contributed by atoms with Gasteiger partial charge in [0.05, 0.1) is 13.2 Å². The molecule has 1 N–H and O–H groups in total. The molecule has 1 aliphatic rings. The van der Waals surface area contributed by atoms with Crippen molar-refractivity contribution >= 4 is 0 Å². The van der Waals surface area contributed by atoms with Gasteiger partial charge in [-0.05, 0) is 6.92 Å². The van der Waals surface area contributed by atoms with Gasteiger partial charge in [0.25, 0.3) is 0 Å². The average molecular weight is 118 g/mol. The fraction of sp³-hybridized carbons (Fsp3) is 1.00. The molecule has 0 amide bonds. The SMILES string of the molecule is CC1(CO)CCOO1. The van der Waals surface area contributed by atoms with Gasteiger partial charge in [0.15, 0.2) is 0 Å². The van der Waals surface area contributed by atoms with Crippen molar-refractivity contribution in [2.75, 3.05) is 13.2 Å². The van der Waals surface area contributed by atoms with Crippen molar-refractivity contribution in [2.45, 2.75) is 18.9 Å². The number of hydrogen-bond donors (Lipinski definition) is 1. The molecule has 0 aliphatic carbocycles. The van der Waals surface area contributed by atoms with Gasteiger partial charge in [0.2, 0.25) is 0 Å². The van der Waals surface area contributed by atoms with Crippen molar-refractivity contribution in [1.82, 2.24) is 0 Å². The van der Waals surface area contributed by atoms with Crippen LogP contribution < -0.4 is 0 Å². The van der Waals surface area contributed by atoms with Crippen LogP contribution in [0.3, 0.4) is 0 Å². The highest BCUT2D eigenvalue weighted by Crippen LogP contribution is 2.20. The summed E-state index contributed by atoms with van der Waals surface area (Å²) < 4.78 is 0. The topological polar surface area (TPSA) is 38.7 Å². The highest BCUT2D eigenvalue weighted by molar-refractivity contribution is 4.74. The highest BCUT2D eigenvalue weighted by Gasteiger charge is 2.30. The van der Waals surface area contributed by atoms with E-state index in [-0.39, 0.29) is 6.61 Å². The fourth-order valence-corrected chi connectivity index (χ4v) is 0.589. The molecule has 1 heterocycles. The molecule has 1 unspecified atom stereocenters. The molecule has 1 rings (SSSR count). The molecule has 1 atom stereocenters. The lowest BCUT2D eigenvalue weighted by Crippen LogP contribution is -2.27. The van der Waals surface area contributed by atoms with Crippen molar-refractivity contribution in [1.29, 1.82) is 0 Å². The molecule has 0 aromatic rings. The van der Waals surface area contributed by atoms with E-state index in [0.717, 1.165) is 6.42 Å². The standard InChI is InChI=1S/C5H10O3/c1-5(4-6)2-3-7-8-5/h6H,2-4H2,1H3. The lowest BCUT2D eigenvalue weighted by atomic mass is 10.1. The van der Waals surface area contributed by atoms with Gasteiger partial charge >= 0.3 is 0 Å². The Morgan fingerprint density at radius 2 is 2.50 bits per heavy atom. The summed E-state index contributed by atoms with van der Waals surface area (Å²) in [5.41, 5.74) is -0.431. The van der Waals surface area contributed by atoms with Crippen LogP contribution in [0.15, 0.2) is 0 Å². The van der Waals surface area contributed by atoms with Crippen molar-refractivity contribution in [3.8, 4) is 0 Å². The first-order chi connectivity index (χ1) is 3.77.